The molecule has 0 unspecified atom stereocenters. The number of nitrogens with zero attached hydrogens (tertiary/aromatic N) is 5. The molecular formula is C31H45ClN7O3P. The van der Waals surface area contributed by atoms with Crippen molar-refractivity contribution in [1.29, 1.82) is 0 Å². The van der Waals surface area contributed by atoms with Gasteiger partial charge in [-0.2, -0.15) is 0 Å². The van der Waals surface area contributed by atoms with Crippen molar-refractivity contribution in [2.24, 2.45) is 9.98 Å². The van der Waals surface area contributed by atoms with E-state index < -0.39 is 7.49 Å². The van der Waals surface area contributed by atoms with Crippen LogP contribution in [0.15, 0.2) is 63.7 Å². The molecule has 2 aliphatic rings. The summed E-state index contributed by atoms with van der Waals surface area (Å²) in [7, 11) is -0.929. The fourth-order valence-corrected chi connectivity index (χ4v) is 7.19. The van der Waals surface area contributed by atoms with Gasteiger partial charge in [-0.3, -0.25) is 9.80 Å². The normalized spacial score (nSPS) is 18.3. The molecule has 2 fully saturated rings. The van der Waals surface area contributed by atoms with Gasteiger partial charge in [0.05, 0.1) is 6.54 Å². The number of methoxy groups -OCH3 is 1. The third-order valence-corrected chi connectivity index (χ3v) is 10.1. The van der Waals surface area contributed by atoms with Crippen molar-refractivity contribution in [2.75, 3.05) is 88.5 Å². The van der Waals surface area contributed by atoms with E-state index >= 15 is 0 Å². The van der Waals surface area contributed by atoms with Gasteiger partial charge in [-0.25, -0.2) is 0 Å². The van der Waals surface area contributed by atoms with Gasteiger partial charge < -0.3 is 4.79 Å². The van der Waals surface area contributed by atoms with Gasteiger partial charge in [0.2, 0.25) is 0 Å². The topological polar surface area (TPSA) is 105 Å². The number of amidine groups is 1. The first-order chi connectivity index (χ1) is 20.7. The summed E-state index contributed by atoms with van der Waals surface area (Å²) in [4.78, 5) is 37.3. The number of aldehydes is 1. The van der Waals surface area contributed by atoms with E-state index in [9.17, 15) is 9.69 Å². The van der Waals surface area contributed by atoms with Gasteiger partial charge in [0.1, 0.15) is 6.29 Å². The minimum absolute atomic E-state index is 0.229. The Morgan fingerprint density at radius 1 is 1.12 bits per heavy atom. The molecule has 4 rings (SSSR count). The van der Waals surface area contributed by atoms with Gasteiger partial charge >= 0.3 is 176 Å². The number of halogens is 1. The van der Waals surface area contributed by atoms with Crippen LogP contribution in [0.2, 0.25) is 0 Å². The van der Waals surface area contributed by atoms with Gasteiger partial charge in [-0.15, -0.1) is 0 Å². The monoisotopic (exact) mass is 629 g/mol. The van der Waals surface area contributed by atoms with E-state index in [1.165, 1.54) is 6.20 Å². The number of benzene rings is 2. The SMILES string of the molecule is C=N/C=C(Cl)\C(=N/CNc1ccc(N2CCC(N3CCN(CC=O)CC3)CC2)cc1OC)Nc1ccccc1[PH](C)(C)O. The van der Waals surface area contributed by atoms with E-state index in [0.29, 0.717) is 23.5 Å². The number of carbonyl (C=O) groups excluding carboxylic acids is 1. The summed E-state index contributed by atoms with van der Waals surface area (Å²) in [5.74, 6) is 1.15. The van der Waals surface area contributed by atoms with Crippen molar-refractivity contribution in [2.45, 2.75) is 18.9 Å². The molecule has 3 N–H and O–H groups in total. The van der Waals surface area contributed by atoms with Crippen LogP contribution in [-0.4, -0.2) is 112 Å². The number of nitrogens with one attached hydrogen (secondary N) is 2. The Hall–Kier alpha value is -3.01. The molecule has 2 aliphatic heterocycles. The quantitative estimate of drug-likeness (QED) is 0.141. The molecule has 2 aromatic carbocycles. The predicted molar refractivity (Wildman–Crippen MR) is 184 cm³/mol. The summed E-state index contributed by atoms with van der Waals surface area (Å²) < 4.78 is 5.74. The first-order valence-electron chi connectivity index (χ1n) is 14.8. The Labute approximate surface area is 260 Å². The summed E-state index contributed by atoms with van der Waals surface area (Å²) in [5, 5.41) is 7.77. The van der Waals surface area contributed by atoms with Crippen LogP contribution in [0.5, 0.6) is 5.75 Å². The molecule has 2 aromatic rings. The average Bonchev–Trinajstić information content (AvgIpc) is 3.01. The van der Waals surface area contributed by atoms with Gasteiger partial charge in [0.15, 0.2) is 0 Å². The molecular weight excluding hydrogens is 585 g/mol. The van der Waals surface area contributed by atoms with Crippen LogP contribution in [0.3, 0.4) is 0 Å². The van der Waals surface area contributed by atoms with Crippen LogP contribution < -0.4 is 25.6 Å². The maximum atomic E-state index is 10.8. The summed E-state index contributed by atoms with van der Waals surface area (Å²) in [6.07, 6.45) is 4.67. The number of rotatable bonds is 12. The second-order valence-electron chi connectivity index (χ2n) is 11.3. The van der Waals surface area contributed by atoms with Crippen LogP contribution in [0.25, 0.3) is 0 Å². The molecule has 234 valence electrons. The summed E-state index contributed by atoms with van der Waals surface area (Å²) in [5.41, 5.74) is 2.71. The van der Waals surface area contributed by atoms with E-state index in [2.05, 4.69) is 54.2 Å². The van der Waals surface area contributed by atoms with Gasteiger partial charge in [0, 0.05) is 45.3 Å². The molecule has 0 aromatic heterocycles. The van der Waals surface area contributed by atoms with E-state index in [1.54, 1.807) is 7.11 Å². The molecule has 0 amide bonds. The Bertz CT molecular complexity index is 1300. The summed E-state index contributed by atoms with van der Waals surface area (Å²) in [6, 6.07) is 14.4. The molecule has 12 heteroatoms. The molecule has 2 saturated heterocycles. The third-order valence-electron chi connectivity index (χ3n) is 8.05. The van der Waals surface area contributed by atoms with E-state index in [-0.39, 0.29) is 6.67 Å². The number of carbonyl (C=O) groups is 1. The molecule has 0 bridgehead atoms. The minimum atomic E-state index is -2.60. The molecule has 0 radical (unpaired) electrons. The summed E-state index contributed by atoms with van der Waals surface area (Å²) in [6.45, 7) is 14.0. The number of anilines is 3. The van der Waals surface area contributed by atoms with Crippen LogP contribution in [0.1, 0.15) is 12.8 Å². The molecule has 0 spiro atoms. The summed E-state index contributed by atoms with van der Waals surface area (Å²) >= 11 is 6.50. The second kappa shape index (κ2) is 15.6. The second-order valence-corrected chi connectivity index (χ2v) is 15.4. The number of ether oxygens (including phenoxy) is 1. The molecule has 43 heavy (non-hydrogen) atoms. The van der Waals surface area contributed by atoms with Crippen molar-refractivity contribution >= 4 is 60.3 Å². The van der Waals surface area contributed by atoms with Crippen molar-refractivity contribution in [3.63, 3.8) is 0 Å². The molecule has 2 heterocycles. The Balaban J connectivity index is 1.38. The maximum absolute atomic E-state index is 10.8. The number of piperazine rings is 1. The zero-order valence-electron chi connectivity index (χ0n) is 25.4. The van der Waals surface area contributed by atoms with Gasteiger partial charge in [-0.1, -0.05) is 0 Å². The van der Waals surface area contributed by atoms with E-state index in [0.717, 1.165) is 86.5 Å². The third kappa shape index (κ3) is 9.00. The van der Waals surface area contributed by atoms with Crippen molar-refractivity contribution in [3.05, 3.63) is 53.7 Å². The van der Waals surface area contributed by atoms with Gasteiger partial charge in [-0.05, 0) is 12.8 Å². The first kappa shape index (κ1) is 32.9. The van der Waals surface area contributed by atoms with Crippen molar-refractivity contribution in [3.8, 4) is 5.75 Å². The zero-order valence-corrected chi connectivity index (χ0v) is 27.2. The van der Waals surface area contributed by atoms with Crippen molar-refractivity contribution in [1.82, 2.24) is 9.80 Å². The predicted octanol–water partition coefficient (Wildman–Crippen LogP) is 3.68. The van der Waals surface area contributed by atoms with E-state index in [1.807, 2.05) is 43.7 Å². The van der Waals surface area contributed by atoms with Gasteiger partial charge in [0.25, 0.3) is 0 Å². The fraction of sp³-hybridized carbons (Fsp3) is 0.452. The Kier molecular flexibility index (Phi) is 12.0. The Morgan fingerprint density at radius 3 is 2.49 bits per heavy atom. The molecule has 0 aliphatic carbocycles. The van der Waals surface area contributed by atoms with Crippen LogP contribution >= 0.6 is 19.1 Å². The number of aliphatic imine (C=N–C) groups is 2. The Morgan fingerprint density at radius 2 is 1.84 bits per heavy atom. The standard InChI is InChI=1S/C31H45ClN7O3P/c1-33-22-26(32)31(36-28-7-5-6-8-30(28)43(3,4)41)35-23-34-27-10-9-25(21-29(27)42-2)38-13-11-24(12-14-38)39-17-15-37(16-18-39)19-20-40/h5-10,20-22,24,34,41,43H,1,11-19,23H2,2-4H3,(H,35,36)/b26-22+. The van der Waals surface area contributed by atoms with Crippen molar-refractivity contribution < 1.29 is 14.4 Å². The number of para-hydroxylation sites is 1. The number of hydrogen-bond acceptors (Lipinski definition) is 9. The van der Waals surface area contributed by atoms with Crippen LogP contribution in [0, 0.1) is 0 Å². The number of piperidine rings is 1. The van der Waals surface area contributed by atoms with Crippen LogP contribution in [0.4, 0.5) is 17.1 Å². The molecule has 0 atom stereocenters. The van der Waals surface area contributed by atoms with E-state index in [4.69, 9.17) is 16.3 Å². The first-order valence-corrected chi connectivity index (χ1v) is 18.1. The zero-order chi connectivity index (χ0) is 30.8. The molecule has 10 nitrogen and oxygen atoms in total. The van der Waals surface area contributed by atoms with Crippen LogP contribution in [-0.2, 0) is 4.79 Å². The fourth-order valence-electron chi connectivity index (χ4n) is 5.70. The number of hydrogen-bond donors (Lipinski definition) is 3. The average molecular weight is 630 g/mol. The molecule has 0 saturated carbocycles.